The maximum Gasteiger partial charge on any atom is 0.316 e. The van der Waals surface area contributed by atoms with E-state index in [-0.39, 0.29) is 19.3 Å². The van der Waals surface area contributed by atoms with Gasteiger partial charge in [0, 0.05) is 12.3 Å². The molecule has 142 valence electrons. The van der Waals surface area contributed by atoms with E-state index in [9.17, 15) is 25.2 Å². The predicted octanol–water partition coefficient (Wildman–Crippen LogP) is 0.504. The lowest BCUT2D eigenvalue weighted by Gasteiger charge is -2.58. The Morgan fingerprint density at radius 2 is 1.59 bits per heavy atom. The molecule has 7 heteroatoms. The number of ketones is 1. The smallest absolute Gasteiger partial charge is 0.316 e. The standard InChI is InChI=1S/C20H20O7/c21-12-7-8-16(23)19(25)11(12)9-13(22)18(24)20(19)26-14-5-1-3-10-4-2-6-15(27-20)17(10)14/h1-6,11-13,18,21-22,24-25H,7-9H2/t11-,12-,13-,18-,19-/m0/s1. The highest BCUT2D eigenvalue weighted by atomic mass is 16.7. The van der Waals surface area contributed by atoms with Crippen LogP contribution in [0, 0.1) is 5.92 Å². The Hall–Kier alpha value is -2.19. The third kappa shape index (κ3) is 1.97. The number of aliphatic hydroxyl groups excluding tert-OH is 3. The molecule has 5 atom stereocenters. The first-order valence-corrected chi connectivity index (χ1v) is 9.08. The molecule has 0 unspecified atom stereocenters. The first kappa shape index (κ1) is 16.9. The molecule has 0 aromatic heterocycles. The summed E-state index contributed by atoms with van der Waals surface area (Å²) in [6.07, 6.45) is -4.07. The van der Waals surface area contributed by atoms with E-state index >= 15 is 0 Å². The SMILES string of the molecule is O=C1CC[C@H](O)[C@@H]2C[C@H](O)[C@H](O)C3(Oc4cccc5cccc(c45)O3)[C@@]12O. The lowest BCUT2D eigenvalue weighted by Crippen LogP contribution is -2.81. The molecule has 7 nitrogen and oxygen atoms in total. The van der Waals surface area contributed by atoms with E-state index in [1.807, 2.05) is 12.1 Å². The molecule has 0 radical (unpaired) electrons. The zero-order valence-electron chi connectivity index (χ0n) is 14.4. The summed E-state index contributed by atoms with van der Waals surface area (Å²) in [4.78, 5) is 12.9. The summed E-state index contributed by atoms with van der Waals surface area (Å²) in [6, 6.07) is 10.6. The number of carbonyl (C=O) groups excluding carboxylic acids is 1. The number of ether oxygens (including phenoxy) is 2. The molecule has 27 heavy (non-hydrogen) atoms. The molecule has 1 heterocycles. The molecule has 3 aliphatic rings. The number of Topliss-reactive ketones (excluding diaryl/α,β-unsaturated/α-hetero) is 1. The first-order chi connectivity index (χ1) is 12.9. The Balaban J connectivity index is 1.75. The van der Waals surface area contributed by atoms with Crippen LogP contribution in [0.2, 0.25) is 0 Å². The van der Waals surface area contributed by atoms with Crippen LogP contribution in [0.4, 0.5) is 0 Å². The highest BCUT2D eigenvalue weighted by molar-refractivity contribution is 5.95. The van der Waals surface area contributed by atoms with Gasteiger partial charge in [-0.15, -0.1) is 0 Å². The van der Waals surface area contributed by atoms with Crippen molar-refractivity contribution in [3.8, 4) is 11.5 Å². The minimum Gasteiger partial charge on any atom is -0.446 e. The van der Waals surface area contributed by atoms with Crippen LogP contribution in [0.3, 0.4) is 0 Å². The molecule has 1 aliphatic heterocycles. The quantitative estimate of drug-likeness (QED) is 0.532. The van der Waals surface area contributed by atoms with Gasteiger partial charge in [0.05, 0.1) is 17.6 Å². The normalized spacial score (nSPS) is 36.8. The minimum atomic E-state index is -2.29. The number of hydrogen-bond donors (Lipinski definition) is 4. The lowest BCUT2D eigenvalue weighted by molar-refractivity contribution is -0.335. The van der Waals surface area contributed by atoms with Crippen molar-refractivity contribution in [2.75, 3.05) is 0 Å². The highest BCUT2D eigenvalue weighted by Gasteiger charge is 2.74. The Kier molecular flexibility index (Phi) is 3.40. The van der Waals surface area contributed by atoms with E-state index in [1.165, 1.54) is 0 Å². The molecule has 0 bridgehead atoms. The van der Waals surface area contributed by atoms with Crippen LogP contribution < -0.4 is 9.47 Å². The van der Waals surface area contributed by atoms with Gasteiger partial charge >= 0.3 is 5.79 Å². The lowest BCUT2D eigenvalue weighted by atomic mass is 9.60. The number of rotatable bonds is 0. The van der Waals surface area contributed by atoms with Crippen molar-refractivity contribution in [3.63, 3.8) is 0 Å². The van der Waals surface area contributed by atoms with Gasteiger partial charge in [-0.05, 0) is 30.4 Å². The third-order valence-corrected chi connectivity index (χ3v) is 6.23. The molecule has 2 fully saturated rings. The predicted molar refractivity (Wildman–Crippen MR) is 93.3 cm³/mol. The summed E-state index contributed by atoms with van der Waals surface area (Å²) >= 11 is 0. The van der Waals surface area contributed by atoms with Crippen molar-refractivity contribution in [3.05, 3.63) is 36.4 Å². The fourth-order valence-electron chi connectivity index (χ4n) is 4.87. The van der Waals surface area contributed by atoms with Crippen LogP contribution in [0.1, 0.15) is 19.3 Å². The van der Waals surface area contributed by atoms with E-state index < -0.39 is 41.4 Å². The van der Waals surface area contributed by atoms with E-state index in [0.717, 1.165) is 5.39 Å². The van der Waals surface area contributed by atoms with Crippen LogP contribution in [-0.2, 0) is 4.79 Å². The second-order valence-corrected chi connectivity index (χ2v) is 7.63. The highest BCUT2D eigenvalue weighted by Crippen LogP contribution is 2.54. The Bertz CT molecular complexity index is 900. The molecule has 2 aromatic carbocycles. The van der Waals surface area contributed by atoms with E-state index in [1.54, 1.807) is 24.3 Å². The van der Waals surface area contributed by atoms with Crippen molar-refractivity contribution >= 4 is 16.6 Å². The molecule has 2 aliphatic carbocycles. The second kappa shape index (κ2) is 5.42. The van der Waals surface area contributed by atoms with Crippen molar-refractivity contribution in [2.24, 2.45) is 5.92 Å². The molecule has 5 rings (SSSR count). The molecule has 0 saturated heterocycles. The summed E-state index contributed by atoms with van der Waals surface area (Å²) in [7, 11) is 0. The molecular weight excluding hydrogens is 352 g/mol. The van der Waals surface area contributed by atoms with E-state index in [4.69, 9.17) is 9.47 Å². The molecule has 2 saturated carbocycles. The molecule has 1 spiro atoms. The zero-order chi connectivity index (χ0) is 19.0. The maximum absolute atomic E-state index is 12.9. The Labute approximate surface area is 154 Å². The number of hydrogen-bond acceptors (Lipinski definition) is 7. The Morgan fingerprint density at radius 3 is 2.22 bits per heavy atom. The van der Waals surface area contributed by atoms with Gasteiger partial charge in [0.1, 0.15) is 11.5 Å². The van der Waals surface area contributed by atoms with Crippen LogP contribution in [0.25, 0.3) is 10.8 Å². The summed E-state index contributed by atoms with van der Waals surface area (Å²) < 4.78 is 12.0. The van der Waals surface area contributed by atoms with Crippen LogP contribution in [-0.4, -0.2) is 55.9 Å². The van der Waals surface area contributed by atoms with Gasteiger partial charge in [0.25, 0.3) is 0 Å². The first-order valence-electron chi connectivity index (χ1n) is 9.08. The molecule has 2 aromatic rings. The molecule has 0 amide bonds. The van der Waals surface area contributed by atoms with Gasteiger partial charge in [0.2, 0.25) is 5.60 Å². The summed E-state index contributed by atoms with van der Waals surface area (Å²) in [5, 5.41) is 44.8. The van der Waals surface area contributed by atoms with Gasteiger partial charge in [0.15, 0.2) is 11.9 Å². The van der Waals surface area contributed by atoms with Crippen LogP contribution in [0.15, 0.2) is 36.4 Å². The number of benzene rings is 2. The van der Waals surface area contributed by atoms with Crippen LogP contribution in [0.5, 0.6) is 11.5 Å². The number of carbonyl (C=O) groups is 1. The van der Waals surface area contributed by atoms with Gasteiger partial charge in [-0.2, -0.15) is 0 Å². The summed E-state index contributed by atoms with van der Waals surface area (Å²) in [6.45, 7) is 0. The Morgan fingerprint density at radius 1 is 0.963 bits per heavy atom. The van der Waals surface area contributed by atoms with E-state index in [2.05, 4.69) is 0 Å². The fourth-order valence-corrected chi connectivity index (χ4v) is 4.87. The molecular formula is C20H20O7. The van der Waals surface area contributed by atoms with E-state index in [0.29, 0.717) is 16.9 Å². The summed E-state index contributed by atoms with van der Waals surface area (Å²) in [5.74, 6) is -3.15. The zero-order valence-corrected chi connectivity index (χ0v) is 14.4. The van der Waals surface area contributed by atoms with Gasteiger partial charge < -0.3 is 29.9 Å². The van der Waals surface area contributed by atoms with Crippen molar-refractivity contribution in [2.45, 2.75) is 49.0 Å². The van der Waals surface area contributed by atoms with Crippen molar-refractivity contribution in [1.82, 2.24) is 0 Å². The minimum absolute atomic E-state index is 0.0721. The second-order valence-electron chi connectivity index (χ2n) is 7.63. The fraction of sp³-hybridized carbons (Fsp3) is 0.450. The number of aliphatic hydroxyl groups is 4. The molecule has 4 N–H and O–H groups in total. The van der Waals surface area contributed by atoms with Gasteiger partial charge in [-0.1, -0.05) is 24.3 Å². The monoisotopic (exact) mass is 372 g/mol. The average Bonchev–Trinajstić information content (AvgIpc) is 2.66. The van der Waals surface area contributed by atoms with Crippen LogP contribution >= 0.6 is 0 Å². The topological polar surface area (TPSA) is 116 Å². The third-order valence-electron chi connectivity index (χ3n) is 6.23. The average molecular weight is 372 g/mol. The summed E-state index contributed by atoms with van der Waals surface area (Å²) in [5.41, 5.74) is -2.29. The van der Waals surface area contributed by atoms with Crippen molar-refractivity contribution in [1.29, 1.82) is 0 Å². The van der Waals surface area contributed by atoms with Crippen molar-refractivity contribution < 1.29 is 34.7 Å². The van der Waals surface area contributed by atoms with Gasteiger partial charge in [-0.25, -0.2) is 0 Å². The van der Waals surface area contributed by atoms with Gasteiger partial charge in [-0.3, -0.25) is 4.79 Å². The number of fused-ring (bicyclic) bond motifs is 2. The maximum atomic E-state index is 12.9. The largest absolute Gasteiger partial charge is 0.446 e.